The number of rotatable bonds is 5. The molecule has 1 saturated heterocycles. The highest BCUT2D eigenvalue weighted by molar-refractivity contribution is 4.91. The highest BCUT2D eigenvalue weighted by atomic mass is 16.5. The summed E-state index contributed by atoms with van der Waals surface area (Å²) >= 11 is 0. The van der Waals surface area contributed by atoms with Gasteiger partial charge in [-0.15, -0.1) is 0 Å². The molecular formula is C15H28O5. The lowest BCUT2D eigenvalue weighted by atomic mass is 9.84. The van der Waals surface area contributed by atoms with Gasteiger partial charge in [-0.05, 0) is 12.3 Å². The van der Waals surface area contributed by atoms with Crippen LogP contribution in [0.15, 0.2) is 0 Å². The third-order valence-electron chi connectivity index (χ3n) is 4.82. The Bertz CT molecular complexity index is 277. The van der Waals surface area contributed by atoms with Gasteiger partial charge in [0.15, 0.2) is 0 Å². The standard InChI is InChI=1S/C15H28O5/c16-9-12-14(18)15(19)13(17)11(20-12)8-4-7-10-5-2-1-3-6-10/h10-19H,1-9H2/t11-,12-,13-,14-,15-/m1/s1. The zero-order valence-corrected chi connectivity index (χ0v) is 12.0. The van der Waals surface area contributed by atoms with Crippen molar-refractivity contribution in [1.82, 2.24) is 0 Å². The minimum atomic E-state index is -1.24. The average Bonchev–Trinajstić information content (AvgIpc) is 2.48. The van der Waals surface area contributed by atoms with E-state index in [1.807, 2.05) is 0 Å². The summed E-state index contributed by atoms with van der Waals surface area (Å²) in [6.07, 6.45) is 4.54. The Balaban J connectivity index is 1.76. The summed E-state index contributed by atoms with van der Waals surface area (Å²) in [5.41, 5.74) is 0. The van der Waals surface area contributed by atoms with E-state index in [1.54, 1.807) is 0 Å². The van der Waals surface area contributed by atoms with Gasteiger partial charge in [0.05, 0.1) is 12.7 Å². The van der Waals surface area contributed by atoms with Crippen LogP contribution in [0.25, 0.3) is 0 Å². The van der Waals surface area contributed by atoms with Crippen LogP contribution in [0.5, 0.6) is 0 Å². The van der Waals surface area contributed by atoms with Gasteiger partial charge in [0.25, 0.3) is 0 Å². The van der Waals surface area contributed by atoms with E-state index in [4.69, 9.17) is 9.84 Å². The van der Waals surface area contributed by atoms with E-state index in [-0.39, 0.29) is 6.61 Å². The molecule has 118 valence electrons. The molecule has 0 unspecified atom stereocenters. The summed E-state index contributed by atoms with van der Waals surface area (Å²) in [4.78, 5) is 0. The van der Waals surface area contributed by atoms with Crippen LogP contribution in [0.2, 0.25) is 0 Å². The largest absolute Gasteiger partial charge is 0.394 e. The third-order valence-corrected chi connectivity index (χ3v) is 4.82. The number of aliphatic hydroxyl groups is 4. The molecule has 0 radical (unpaired) electrons. The Kier molecular flexibility index (Phi) is 6.23. The van der Waals surface area contributed by atoms with Crippen LogP contribution >= 0.6 is 0 Å². The average molecular weight is 288 g/mol. The van der Waals surface area contributed by atoms with Crippen LogP contribution in [0.4, 0.5) is 0 Å². The maximum Gasteiger partial charge on any atom is 0.111 e. The van der Waals surface area contributed by atoms with Crippen molar-refractivity contribution >= 4 is 0 Å². The molecule has 4 N–H and O–H groups in total. The molecule has 20 heavy (non-hydrogen) atoms. The van der Waals surface area contributed by atoms with E-state index in [2.05, 4.69) is 0 Å². The molecule has 0 spiro atoms. The molecule has 1 saturated carbocycles. The van der Waals surface area contributed by atoms with E-state index >= 15 is 0 Å². The van der Waals surface area contributed by atoms with E-state index in [0.717, 1.165) is 18.8 Å². The minimum absolute atomic E-state index is 0.343. The van der Waals surface area contributed by atoms with Gasteiger partial charge in [0.2, 0.25) is 0 Å². The van der Waals surface area contributed by atoms with E-state index in [0.29, 0.717) is 6.42 Å². The smallest absolute Gasteiger partial charge is 0.111 e. The van der Waals surface area contributed by atoms with Gasteiger partial charge >= 0.3 is 0 Å². The van der Waals surface area contributed by atoms with E-state index in [1.165, 1.54) is 32.1 Å². The molecule has 0 amide bonds. The first-order valence-electron chi connectivity index (χ1n) is 7.94. The molecule has 0 aromatic heterocycles. The van der Waals surface area contributed by atoms with Crippen molar-refractivity contribution in [2.24, 2.45) is 5.92 Å². The molecule has 1 aliphatic heterocycles. The predicted octanol–water partition coefficient (Wildman–Crippen LogP) is 0.579. The van der Waals surface area contributed by atoms with Crippen molar-refractivity contribution in [3.8, 4) is 0 Å². The predicted molar refractivity (Wildman–Crippen MR) is 74.2 cm³/mol. The second-order valence-electron chi connectivity index (χ2n) is 6.30. The second-order valence-corrected chi connectivity index (χ2v) is 6.30. The number of hydrogen-bond donors (Lipinski definition) is 4. The quantitative estimate of drug-likeness (QED) is 0.594. The van der Waals surface area contributed by atoms with Crippen LogP contribution in [0.1, 0.15) is 51.4 Å². The van der Waals surface area contributed by atoms with Gasteiger partial charge < -0.3 is 25.2 Å². The molecule has 1 heterocycles. The van der Waals surface area contributed by atoms with Crippen LogP contribution in [-0.4, -0.2) is 57.6 Å². The summed E-state index contributed by atoms with van der Waals surface area (Å²) in [5, 5.41) is 38.5. The summed E-state index contributed by atoms with van der Waals surface area (Å²) in [6, 6.07) is 0. The Hall–Kier alpha value is -0.200. The molecule has 5 nitrogen and oxygen atoms in total. The molecule has 0 bridgehead atoms. The number of ether oxygens (including phenoxy) is 1. The van der Waals surface area contributed by atoms with Crippen molar-refractivity contribution in [2.45, 2.75) is 81.9 Å². The van der Waals surface area contributed by atoms with Crippen molar-refractivity contribution in [2.75, 3.05) is 6.61 Å². The fraction of sp³-hybridized carbons (Fsp3) is 1.00. The molecule has 1 aliphatic carbocycles. The lowest BCUT2D eigenvalue weighted by molar-refractivity contribution is -0.230. The van der Waals surface area contributed by atoms with Gasteiger partial charge in [0, 0.05) is 0 Å². The lowest BCUT2D eigenvalue weighted by Gasteiger charge is -2.40. The highest BCUT2D eigenvalue weighted by Gasteiger charge is 2.42. The van der Waals surface area contributed by atoms with Crippen molar-refractivity contribution in [1.29, 1.82) is 0 Å². The van der Waals surface area contributed by atoms with Crippen molar-refractivity contribution in [3.05, 3.63) is 0 Å². The van der Waals surface area contributed by atoms with Crippen molar-refractivity contribution in [3.63, 3.8) is 0 Å². The highest BCUT2D eigenvalue weighted by Crippen LogP contribution is 2.30. The molecule has 5 atom stereocenters. The Morgan fingerprint density at radius 2 is 1.45 bits per heavy atom. The van der Waals surface area contributed by atoms with Gasteiger partial charge in [-0.25, -0.2) is 0 Å². The fourth-order valence-electron chi connectivity index (χ4n) is 3.50. The van der Waals surface area contributed by atoms with E-state index in [9.17, 15) is 15.3 Å². The van der Waals surface area contributed by atoms with Crippen LogP contribution < -0.4 is 0 Å². The zero-order chi connectivity index (χ0) is 14.5. The maximum atomic E-state index is 9.94. The fourth-order valence-corrected chi connectivity index (χ4v) is 3.50. The Morgan fingerprint density at radius 1 is 0.800 bits per heavy atom. The summed E-state index contributed by atoms with van der Waals surface area (Å²) < 4.78 is 5.51. The maximum absolute atomic E-state index is 9.94. The molecule has 0 aromatic carbocycles. The second kappa shape index (κ2) is 7.71. The Morgan fingerprint density at radius 3 is 2.10 bits per heavy atom. The molecule has 2 aliphatic rings. The normalized spacial score (nSPS) is 39.9. The molecule has 5 heteroatoms. The number of hydrogen-bond acceptors (Lipinski definition) is 5. The summed E-state index contributed by atoms with van der Waals surface area (Å²) in [6.45, 7) is -0.343. The third kappa shape index (κ3) is 3.92. The molecular weight excluding hydrogens is 260 g/mol. The summed E-state index contributed by atoms with van der Waals surface area (Å²) in [5.74, 6) is 0.786. The van der Waals surface area contributed by atoms with Gasteiger partial charge in [-0.3, -0.25) is 0 Å². The first-order valence-corrected chi connectivity index (χ1v) is 7.94. The molecule has 2 rings (SSSR count). The molecule has 2 fully saturated rings. The lowest BCUT2D eigenvalue weighted by Crippen LogP contribution is -2.58. The van der Waals surface area contributed by atoms with Gasteiger partial charge in [0.1, 0.15) is 24.4 Å². The van der Waals surface area contributed by atoms with Gasteiger partial charge in [-0.2, -0.15) is 0 Å². The summed E-state index contributed by atoms with van der Waals surface area (Å²) in [7, 11) is 0. The van der Waals surface area contributed by atoms with E-state index < -0.39 is 30.5 Å². The monoisotopic (exact) mass is 288 g/mol. The topological polar surface area (TPSA) is 90.2 Å². The van der Waals surface area contributed by atoms with Crippen LogP contribution in [0.3, 0.4) is 0 Å². The minimum Gasteiger partial charge on any atom is -0.394 e. The zero-order valence-electron chi connectivity index (χ0n) is 12.0. The van der Waals surface area contributed by atoms with Crippen LogP contribution in [0, 0.1) is 5.92 Å². The van der Waals surface area contributed by atoms with Gasteiger partial charge in [-0.1, -0.05) is 44.9 Å². The number of aliphatic hydroxyl groups excluding tert-OH is 4. The van der Waals surface area contributed by atoms with Crippen LogP contribution in [-0.2, 0) is 4.74 Å². The Labute approximate surface area is 120 Å². The van der Waals surface area contributed by atoms with Crippen molar-refractivity contribution < 1.29 is 25.2 Å². The molecule has 0 aromatic rings. The first-order chi connectivity index (χ1) is 9.63. The SMILES string of the molecule is OC[C@H]1O[C@H](CCCC2CCCCC2)[C@@H](O)[C@@H](O)[C@@H]1O. The first kappa shape index (κ1) is 16.2.